The molecule has 0 fully saturated rings. The van der Waals surface area contributed by atoms with Gasteiger partial charge in [0.2, 0.25) is 5.43 Å². The van der Waals surface area contributed by atoms with Gasteiger partial charge in [-0.25, -0.2) is 8.78 Å². The summed E-state index contributed by atoms with van der Waals surface area (Å²) in [6.45, 7) is -0.675. The molecule has 0 aromatic carbocycles. The molecule has 6 heteroatoms. The Labute approximate surface area is 85.9 Å². The molecule has 2 N–H and O–H groups in total. The van der Waals surface area contributed by atoms with Crippen LogP contribution in [0.1, 0.15) is 17.7 Å². The third kappa shape index (κ3) is 2.05. The molecule has 0 spiro atoms. The molecule has 13 heavy (non-hydrogen) atoms. The van der Waals surface area contributed by atoms with E-state index < -0.39 is 24.2 Å². The van der Waals surface area contributed by atoms with Crippen molar-refractivity contribution < 1.29 is 13.9 Å². The van der Waals surface area contributed by atoms with Crippen molar-refractivity contribution in [3.05, 3.63) is 31.2 Å². The van der Waals surface area contributed by atoms with E-state index in [0.717, 1.165) is 0 Å². The summed E-state index contributed by atoms with van der Waals surface area (Å²) in [5.41, 5.74) is -1.31. The summed E-state index contributed by atoms with van der Waals surface area (Å²) in [5.74, 6) is 0. The van der Waals surface area contributed by atoms with Crippen LogP contribution in [0.2, 0.25) is 0 Å². The second-order valence-corrected chi connectivity index (χ2v) is 3.48. The molecule has 72 valence electrons. The van der Waals surface area contributed by atoms with Crippen LogP contribution in [0.4, 0.5) is 8.78 Å². The molecular weight excluding hydrogens is 295 g/mol. The summed E-state index contributed by atoms with van der Waals surface area (Å²) in [5, 5.41) is 8.72. The first-order chi connectivity index (χ1) is 6.07. The third-order valence-corrected chi connectivity index (χ3v) is 2.35. The van der Waals surface area contributed by atoms with Gasteiger partial charge in [0, 0.05) is 6.20 Å². The summed E-state index contributed by atoms with van der Waals surface area (Å²) >= 11 is 1.71. The average molecular weight is 301 g/mol. The van der Waals surface area contributed by atoms with Crippen LogP contribution in [0.3, 0.4) is 0 Å². The minimum atomic E-state index is -2.77. The van der Waals surface area contributed by atoms with Crippen LogP contribution in [0.5, 0.6) is 0 Å². The molecule has 0 unspecified atom stereocenters. The van der Waals surface area contributed by atoms with Crippen LogP contribution in [-0.4, -0.2) is 10.1 Å². The first-order valence-electron chi connectivity index (χ1n) is 3.37. The number of aromatic nitrogens is 1. The fraction of sp³-hybridized carbons (Fsp3) is 0.286. The topological polar surface area (TPSA) is 53.1 Å². The summed E-state index contributed by atoms with van der Waals surface area (Å²) in [7, 11) is 0. The lowest BCUT2D eigenvalue weighted by Gasteiger charge is -2.05. The minimum absolute atomic E-state index is 0.262. The number of pyridine rings is 1. The van der Waals surface area contributed by atoms with E-state index in [1.807, 2.05) is 0 Å². The molecule has 0 amide bonds. The van der Waals surface area contributed by atoms with Crippen molar-refractivity contribution in [2.45, 2.75) is 13.0 Å². The van der Waals surface area contributed by atoms with Crippen molar-refractivity contribution in [2.24, 2.45) is 0 Å². The van der Waals surface area contributed by atoms with Crippen molar-refractivity contribution in [1.82, 2.24) is 4.98 Å². The first-order valence-corrected chi connectivity index (χ1v) is 4.44. The Morgan fingerprint density at radius 1 is 1.62 bits per heavy atom. The summed E-state index contributed by atoms with van der Waals surface area (Å²) < 4.78 is 24.8. The van der Waals surface area contributed by atoms with E-state index in [9.17, 15) is 13.6 Å². The van der Waals surface area contributed by atoms with Gasteiger partial charge in [0.25, 0.3) is 6.43 Å². The van der Waals surface area contributed by atoms with Gasteiger partial charge in [0.05, 0.1) is 21.4 Å². The molecule has 0 saturated heterocycles. The molecule has 0 saturated carbocycles. The van der Waals surface area contributed by atoms with Crippen LogP contribution in [0.25, 0.3) is 0 Å². The lowest BCUT2D eigenvalue weighted by molar-refractivity contribution is 0.141. The Hall–Kier alpha value is -0.500. The normalized spacial score (nSPS) is 10.8. The number of halogens is 3. The van der Waals surface area contributed by atoms with Gasteiger partial charge < -0.3 is 10.1 Å². The monoisotopic (exact) mass is 301 g/mol. The largest absolute Gasteiger partial charge is 0.391 e. The molecule has 0 aliphatic rings. The van der Waals surface area contributed by atoms with Gasteiger partial charge in [-0.15, -0.1) is 0 Å². The first kappa shape index (κ1) is 10.6. The molecule has 0 aliphatic heterocycles. The van der Waals surface area contributed by atoms with Crippen molar-refractivity contribution in [1.29, 1.82) is 0 Å². The summed E-state index contributed by atoms with van der Waals surface area (Å²) in [4.78, 5) is 13.5. The highest BCUT2D eigenvalue weighted by Crippen LogP contribution is 2.18. The zero-order valence-electron chi connectivity index (χ0n) is 6.35. The number of nitrogens with one attached hydrogen (secondary N) is 1. The van der Waals surface area contributed by atoms with Gasteiger partial charge >= 0.3 is 0 Å². The average Bonchev–Trinajstić information content (AvgIpc) is 2.09. The van der Waals surface area contributed by atoms with Crippen LogP contribution < -0.4 is 5.43 Å². The second kappa shape index (κ2) is 4.14. The van der Waals surface area contributed by atoms with Crippen LogP contribution >= 0.6 is 22.6 Å². The number of hydrogen-bond donors (Lipinski definition) is 2. The van der Waals surface area contributed by atoms with E-state index in [4.69, 9.17) is 5.11 Å². The third-order valence-electron chi connectivity index (χ3n) is 1.55. The van der Waals surface area contributed by atoms with Crippen molar-refractivity contribution >= 4 is 22.6 Å². The fourth-order valence-corrected chi connectivity index (χ4v) is 1.39. The maximum atomic E-state index is 12.2. The van der Waals surface area contributed by atoms with E-state index in [1.54, 1.807) is 22.6 Å². The minimum Gasteiger partial charge on any atom is -0.391 e. The van der Waals surface area contributed by atoms with Crippen LogP contribution in [-0.2, 0) is 6.61 Å². The molecular formula is C7H6F2INO2. The van der Waals surface area contributed by atoms with Gasteiger partial charge in [-0.1, -0.05) is 0 Å². The second-order valence-electron chi connectivity index (χ2n) is 2.32. The molecule has 1 aromatic rings. The van der Waals surface area contributed by atoms with Crippen molar-refractivity contribution in [3.8, 4) is 0 Å². The predicted molar refractivity (Wildman–Crippen MR) is 50.7 cm³/mol. The number of H-pyrrole nitrogens is 1. The number of alkyl halides is 2. The Bertz CT molecular complexity index is 364. The van der Waals surface area contributed by atoms with Gasteiger partial charge in [-0.2, -0.15) is 0 Å². The maximum absolute atomic E-state index is 12.2. The zero-order chi connectivity index (χ0) is 10.0. The smallest absolute Gasteiger partial charge is 0.278 e. The maximum Gasteiger partial charge on any atom is 0.278 e. The Balaban J connectivity index is 3.39. The highest BCUT2D eigenvalue weighted by Gasteiger charge is 2.16. The molecule has 1 aromatic heterocycles. The van der Waals surface area contributed by atoms with E-state index in [2.05, 4.69) is 4.98 Å². The van der Waals surface area contributed by atoms with E-state index >= 15 is 0 Å². The number of hydrogen-bond acceptors (Lipinski definition) is 2. The van der Waals surface area contributed by atoms with Gasteiger partial charge in [-0.3, -0.25) is 4.79 Å². The molecule has 0 radical (unpaired) electrons. The van der Waals surface area contributed by atoms with E-state index in [1.165, 1.54) is 6.20 Å². The molecule has 0 atom stereocenters. The molecule has 0 bridgehead atoms. The van der Waals surface area contributed by atoms with Crippen LogP contribution in [0.15, 0.2) is 11.0 Å². The number of aromatic amines is 1. The lowest BCUT2D eigenvalue weighted by Crippen LogP contribution is -2.16. The van der Waals surface area contributed by atoms with E-state index in [0.29, 0.717) is 0 Å². The standard InChI is InChI=1S/C7H6F2INO2/c8-7(9)5-3(2-12)6(13)4(10)1-11-5/h1,7,12H,2H2,(H,11,13). The number of aliphatic hydroxyl groups excluding tert-OH is 1. The quantitative estimate of drug-likeness (QED) is 0.812. The highest BCUT2D eigenvalue weighted by atomic mass is 127. The van der Waals surface area contributed by atoms with Gasteiger partial charge in [0.1, 0.15) is 0 Å². The molecule has 1 heterocycles. The van der Waals surface area contributed by atoms with Crippen molar-refractivity contribution in [3.63, 3.8) is 0 Å². The zero-order valence-corrected chi connectivity index (χ0v) is 8.51. The fourth-order valence-electron chi connectivity index (χ4n) is 0.912. The van der Waals surface area contributed by atoms with E-state index in [-0.39, 0.29) is 9.13 Å². The Morgan fingerprint density at radius 3 is 2.69 bits per heavy atom. The van der Waals surface area contributed by atoms with Crippen molar-refractivity contribution in [2.75, 3.05) is 0 Å². The van der Waals surface area contributed by atoms with Gasteiger partial charge in [0.15, 0.2) is 0 Å². The van der Waals surface area contributed by atoms with Gasteiger partial charge in [-0.05, 0) is 22.6 Å². The predicted octanol–water partition coefficient (Wildman–Crippen LogP) is 1.41. The SMILES string of the molecule is O=c1c(I)c[nH]c(C(F)F)c1CO. The molecule has 3 nitrogen and oxygen atoms in total. The highest BCUT2D eigenvalue weighted by molar-refractivity contribution is 14.1. The Kier molecular flexibility index (Phi) is 3.37. The Morgan fingerprint density at radius 2 is 2.23 bits per heavy atom. The summed E-state index contributed by atoms with van der Waals surface area (Å²) in [6, 6.07) is 0. The number of rotatable bonds is 2. The number of aliphatic hydroxyl groups is 1. The summed E-state index contributed by atoms with van der Waals surface area (Å²) in [6.07, 6.45) is -1.57. The van der Waals surface area contributed by atoms with Crippen LogP contribution in [0, 0.1) is 3.57 Å². The molecule has 1 rings (SSSR count). The lowest BCUT2D eigenvalue weighted by atomic mass is 10.2. The molecule has 0 aliphatic carbocycles.